The van der Waals surface area contributed by atoms with Gasteiger partial charge in [-0.2, -0.15) is 0 Å². The topological polar surface area (TPSA) is 24.5 Å². The van der Waals surface area contributed by atoms with Crippen molar-refractivity contribution in [3.8, 4) is 0 Å². The van der Waals surface area contributed by atoms with Crippen LogP contribution >= 0.6 is 0 Å². The highest BCUT2D eigenvalue weighted by atomic mass is 16.5. The molecule has 92 valence electrons. The first-order valence-corrected chi connectivity index (χ1v) is 6.48. The highest BCUT2D eigenvalue weighted by molar-refractivity contribution is 5.29. The van der Waals surface area contributed by atoms with Crippen LogP contribution in [0.15, 0.2) is 24.3 Å². The summed E-state index contributed by atoms with van der Waals surface area (Å²) in [6, 6.07) is 9.27. The van der Waals surface area contributed by atoms with E-state index in [0.717, 1.165) is 32.7 Å². The predicted molar refractivity (Wildman–Crippen MR) is 67.8 cm³/mol. The fraction of sp³-hybridized carbons (Fsp3) is 0.571. The van der Waals surface area contributed by atoms with Crippen molar-refractivity contribution >= 4 is 0 Å². The zero-order valence-corrected chi connectivity index (χ0v) is 10.4. The van der Waals surface area contributed by atoms with Gasteiger partial charge in [-0.3, -0.25) is 10.2 Å². The molecule has 2 aliphatic rings. The average Bonchev–Trinajstić information content (AvgIpc) is 2.39. The van der Waals surface area contributed by atoms with Crippen molar-refractivity contribution in [3.05, 3.63) is 35.4 Å². The molecule has 0 aromatic heterocycles. The summed E-state index contributed by atoms with van der Waals surface area (Å²) < 4.78 is 5.50. The summed E-state index contributed by atoms with van der Waals surface area (Å²) in [5, 5.41) is 3.65. The van der Waals surface area contributed by atoms with Crippen molar-refractivity contribution in [1.82, 2.24) is 10.2 Å². The third kappa shape index (κ3) is 2.23. The molecule has 2 unspecified atom stereocenters. The molecule has 1 aromatic rings. The highest BCUT2D eigenvalue weighted by Crippen LogP contribution is 2.20. The van der Waals surface area contributed by atoms with Gasteiger partial charge in [0.2, 0.25) is 0 Å². The second-order valence-electron chi connectivity index (χ2n) is 5.03. The Morgan fingerprint density at radius 3 is 2.94 bits per heavy atom. The number of morpholine rings is 1. The molecular weight excluding hydrogens is 212 g/mol. The molecule has 3 rings (SSSR count). The van der Waals surface area contributed by atoms with Crippen LogP contribution in [0.4, 0.5) is 0 Å². The number of nitrogens with zero attached hydrogens (tertiary/aromatic N) is 1. The minimum absolute atomic E-state index is 0.476. The maximum atomic E-state index is 5.50. The van der Waals surface area contributed by atoms with Crippen molar-refractivity contribution in [3.63, 3.8) is 0 Å². The first-order valence-electron chi connectivity index (χ1n) is 6.48. The van der Waals surface area contributed by atoms with Crippen LogP contribution in [0.2, 0.25) is 0 Å². The smallest absolute Gasteiger partial charge is 0.0645 e. The molecule has 1 fully saturated rings. The minimum atomic E-state index is 0.476. The van der Waals surface area contributed by atoms with E-state index in [2.05, 4.69) is 41.4 Å². The van der Waals surface area contributed by atoms with Crippen LogP contribution in [0.1, 0.15) is 18.1 Å². The number of ether oxygens (including phenoxy) is 1. The molecular formula is C14H20N2O. The van der Waals surface area contributed by atoms with Crippen LogP contribution in [0.3, 0.4) is 0 Å². The molecule has 1 N–H and O–H groups in total. The number of benzene rings is 1. The van der Waals surface area contributed by atoms with Gasteiger partial charge in [0.15, 0.2) is 0 Å². The molecule has 0 radical (unpaired) electrons. The van der Waals surface area contributed by atoms with Gasteiger partial charge in [0.1, 0.15) is 0 Å². The fourth-order valence-corrected chi connectivity index (χ4v) is 2.87. The zero-order chi connectivity index (χ0) is 11.7. The van der Waals surface area contributed by atoms with E-state index < -0.39 is 0 Å². The Morgan fingerprint density at radius 2 is 2.12 bits per heavy atom. The van der Waals surface area contributed by atoms with Crippen molar-refractivity contribution in [2.45, 2.75) is 32.1 Å². The van der Waals surface area contributed by atoms with Crippen LogP contribution < -0.4 is 5.32 Å². The monoisotopic (exact) mass is 232 g/mol. The fourth-order valence-electron chi connectivity index (χ4n) is 2.87. The lowest BCUT2D eigenvalue weighted by molar-refractivity contribution is -0.0309. The normalized spacial score (nSPS) is 29.9. The molecule has 2 atom stereocenters. The largest absolute Gasteiger partial charge is 0.379 e. The Balaban J connectivity index is 1.75. The maximum Gasteiger partial charge on any atom is 0.0645 e. The van der Waals surface area contributed by atoms with E-state index >= 15 is 0 Å². The molecule has 3 nitrogen and oxygen atoms in total. The standard InChI is InChI=1S/C14H20N2O/c1-11-10-17-7-6-16(11)14-8-12-4-2-3-5-13(12)9-15-14/h2-5,11,14-15H,6-10H2,1H3. The van der Waals surface area contributed by atoms with E-state index in [9.17, 15) is 0 Å². The van der Waals surface area contributed by atoms with Gasteiger partial charge < -0.3 is 4.74 Å². The number of hydrogen-bond donors (Lipinski definition) is 1. The number of hydrogen-bond acceptors (Lipinski definition) is 3. The third-order valence-corrected chi connectivity index (χ3v) is 3.88. The third-order valence-electron chi connectivity index (χ3n) is 3.88. The van der Waals surface area contributed by atoms with Crippen molar-refractivity contribution in [2.24, 2.45) is 0 Å². The summed E-state index contributed by atoms with van der Waals surface area (Å²) in [5.74, 6) is 0. The molecule has 2 aliphatic heterocycles. The number of nitrogens with one attached hydrogen (secondary N) is 1. The molecule has 0 saturated carbocycles. The van der Waals surface area contributed by atoms with Crippen molar-refractivity contribution in [1.29, 1.82) is 0 Å². The Hall–Kier alpha value is -0.900. The Labute approximate surface area is 103 Å². The maximum absolute atomic E-state index is 5.50. The van der Waals surface area contributed by atoms with Crippen LogP contribution in [-0.4, -0.2) is 36.9 Å². The quantitative estimate of drug-likeness (QED) is 0.791. The minimum Gasteiger partial charge on any atom is -0.379 e. The van der Waals surface area contributed by atoms with E-state index in [0.29, 0.717) is 12.2 Å². The molecule has 0 amide bonds. The van der Waals surface area contributed by atoms with Crippen molar-refractivity contribution < 1.29 is 4.74 Å². The number of fused-ring (bicyclic) bond motifs is 1. The van der Waals surface area contributed by atoms with E-state index in [-0.39, 0.29) is 0 Å². The van der Waals surface area contributed by atoms with Crippen LogP contribution in [0.25, 0.3) is 0 Å². The Kier molecular flexibility index (Phi) is 3.14. The summed E-state index contributed by atoms with van der Waals surface area (Å²) in [6.07, 6.45) is 1.59. The van der Waals surface area contributed by atoms with Gasteiger partial charge in [0.25, 0.3) is 0 Å². The summed E-state index contributed by atoms with van der Waals surface area (Å²) in [7, 11) is 0. The molecule has 17 heavy (non-hydrogen) atoms. The van der Waals surface area contributed by atoms with Crippen LogP contribution in [-0.2, 0) is 17.7 Å². The average molecular weight is 232 g/mol. The molecule has 0 aliphatic carbocycles. The van der Waals surface area contributed by atoms with Crippen LogP contribution in [0.5, 0.6) is 0 Å². The first kappa shape index (κ1) is 11.2. The highest BCUT2D eigenvalue weighted by Gasteiger charge is 2.28. The SMILES string of the molecule is CC1COCCN1C1Cc2ccccc2CN1. The second-order valence-corrected chi connectivity index (χ2v) is 5.03. The molecule has 1 aromatic carbocycles. The van der Waals surface area contributed by atoms with Gasteiger partial charge in [-0.1, -0.05) is 24.3 Å². The van der Waals surface area contributed by atoms with Crippen molar-refractivity contribution in [2.75, 3.05) is 19.8 Å². The van der Waals surface area contributed by atoms with Gasteiger partial charge >= 0.3 is 0 Å². The van der Waals surface area contributed by atoms with Gasteiger partial charge in [-0.05, 0) is 18.1 Å². The Bertz CT molecular complexity index is 394. The molecule has 0 spiro atoms. The molecule has 1 saturated heterocycles. The van der Waals surface area contributed by atoms with Crippen LogP contribution in [0, 0.1) is 0 Å². The Morgan fingerprint density at radius 1 is 1.29 bits per heavy atom. The van der Waals surface area contributed by atoms with E-state index in [4.69, 9.17) is 4.74 Å². The summed E-state index contributed by atoms with van der Waals surface area (Å²) in [5.41, 5.74) is 2.94. The molecule has 0 bridgehead atoms. The lowest BCUT2D eigenvalue weighted by atomic mass is 9.98. The van der Waals surface area contributed by atoms with E-state index in [1.54, 1.807) is 0 Å². The van der Waals surface area contributed by atoms with Gasteiger partial charge in [-0.15, -0.1) is 0 Å². The first-order chi connectivity index (χ1) is 8.34. The summed E-state index contributed by atoms with van der Waals surface area (Å²) >= 11 is 0. The van der Waals surface area contributed by atoms with E-state index in [1.165, 1.54) is 11.1 Å². The number of rotatable bonds is 1. The molecule has 3 heteroatoms. The van der Waals surface area contributed by atoms with E-state index in [1.807, 2.05) is 0 Å². The van der Waals surface area contributed by atoms with Gasteiger partial charge in [-0.25, -0.2) is 0 Å². The summed E-state index contributed by atoms with van der Waals surface area (Å²) in [4.78, 5) is 2.54. The lowest BCUT2D eigenvalue weighted by Crippen LogP contribution is -2.56. The lowest BCUT2D eigenvalue weighted by Gasteiger charge is -2.41. The zero-order valence-electron chi connectivity index (χ0n) is 10.4. The predicted octanol–water partition coefficient (Wildman–Crippen LogP) is 1.38. The second kappa shape index (κ2) is 4.77. The van der Waals surface area contributed by atoms with Gasteiger partial charge in [0.05, 0.1) is 19.4 Å². The molecule has 2 heterocycles. The summed E-state index contributed by atoms with van der Waals surface area (Å²) in [6.45, 7) is 6.01. The van der Waals surface area contributed by atoms with Gasteiger partial charge in [0, 0.05) is 25.6 Å².